The Hall–Kier alpha value is -4.18. The number of aryl methyl sites for hydroxylation is 1. The van der Waals surface area contributed by atoms with Crippen molar-refractivity contribution in [2.75, 3.05) is 11.9 Å². The number of amides is 2. The van der Waals surface area contributed by atoms with Crippen LogP contribution in [0, 0.1) is 5.92 Å². The summed E-state index contributed by atoms with van der Waals surface area (Å²) in [6.07, 6.45) is -11.5. The molecule has 1 saturated carbocycles. The number of nitrogens with zero attached hydrogens (tertiary/aromatic N) is 3. The van der Waals surface area contributed by atoms with Gasteiger partial charge in [0.15, 0.2) is 12.3 Å². The maximum atomic E-state index is 13.9. The van der Waals surface area contributed by atoms with Crippen molar-refractivity contribution in [1.82, 2.24) is 25.2 Å². The van der Waals surface area contributed by atoms with Gasteiger partial charge in [-0.1, -0.05) is 13.0 Å². The lowest BCUT2D eigenvalue weighted by atomic mass is 9.85. The minimum atomic E-state index is -4.77. The van der Waals surface area contributed by atoms with Crippen LogP contribution in [0.2, 0.25) is 0 Å². The minimum Gasteiger partial charge on any atom is -0.471 e. The summed E-state index contributed by atoms with van der Waals surface area (Å²) in [7, 11) is 1.39. The molecule has 0 bridgehead atoms. The van der Waals surface area contributed by atoms with Crippen LogP contribution in [0.5, 0.6) is 5.88 Å². The summed E-state index contributed by atoms with van der Waals surface area (Å²) < 4.78 is 113. The first-order valence-corrected chi connectivity index (χ1v) is 14.5. The molecular weight excluding hydrogens is 632 g/mol. The molecule has 3 aromatic rings. The summed E-state index contributed by atoms with van der Waals surface area (Å²) in [5.41, 5.74) is -1.41. The zero-order chi connectivity index (χ0) is 33.8. The molecule has 0 atom stereocenters. The van der Waals surface area contributed by atoms with Crippen molar-refractivity contribution in [3.8, 4) is 5.88 Å². The number of pyridine rings is 1. The van der Waals surface area contributed by atoms with Crippen molar-refractivity contribution in [3.63, 3.8) is 0 Å². The van der Waals surface area contributed by atoms with Crippen molar-refractivity contribution in [2.24, 2.45) is 13.0 Å². The molecule has 3 N–H and O–H groups in total. The van der Waals surface area contributed by atoms with E-state index in [1.807, 2.05) is 0 Å². The van der Waals surface area contributed by atoms with E-state index in [2.05, 4.69) is 25.9 Å². The van der Waals surface area contributed by atoms with E-state index in [0.717, 1.165) is 12.1 Å². The van der Waals surface area contributed by atoms with Gasteiger partial charge in [-0.15, -0.1) is 0 Å². The summed E-state index contributed by atoms with van der Waals surface area (Å²) in [6.45, 7) is 0.646. The van der Waals surface area contributed by atoms with Crippen LogP contribution in [0.1, 0.15) is 66.9 Å². The Morgan fingerprint density at radius 3 is 2.35 bits per heavy atom. The van der Waals surface area contributed by atoms with Gasteiger partial charge in [0.1, 0.15) is 11.1 Å². The molecule has 17 heteroatoms. The maximum Gasteiger partial charge on any atom is 0.418 e. The van der Waals surface area contributed by atoms with E-state index in [1.165, 1.54) is 23.7 Å². The first-order valence-electron chi connectivity index (χ1n) is 14.5. The van der Waals surface area contributed by atoms with E-state index in [4.69, 9.17) is 4.74 Å². The molecule has 2 amide bonds. The number of hydrogen-bond donors (Lipinski definition) is 3. The Morgan fingerprint density at radius 2 is 1.74 bits per heavy atom. The molecule has 1 aliphatic carbocycles. The molecule has 0 radical (unpaired) electrons. The van der Waals surface area contributed by atoms with Crippen molar-refractivity contribution in [2.45, 2.75) is 76.8 Å². The molecule has 1 aromatic carbocycles. The summed E-state index contributed by atoms with van der Waals surface area (Å²) in [5, 5.41) is 7.85. The van der Waals surface area contributed by atoms with Gasteiger partial charge in [-0.2, -0.15) is 31.3 Å². The molecule has 2 aromatic heterocycles. The number of carbonyl (C=O) groups is 2. The predicted octanol–water partition coefficient (Wildman–Crippen LogP) is 6.64. The quantitative estimate of drug-likeness (QED) is 0.198. The standard InChI is InChI=1S/C29H32F8N6O3/c1-3-4-23(44)38-13-15-5-10-19(29(35,36)37)20(11-15)40-27-41-21-12-18(26(46-14-22(30)31)42-24(21)43(27)2)25(45)39-17-8-6-16(7-9-17)28(32,33)34/h5,10-12,16-17,22H,3-4,6-9,13-14H2,1-2H3,(H,38,44)(H,39,45)(H,40,41)/t16-,17-. The summed E-state index contributed by atoms with van der Waals surface area (Å²) in [5.74, 6) is -3.25. The fourth-order valence-electron chi connectivity index (χ4n) is 5.14. The molecular formula is C29H32F8N6O3. The lowest BCUT2D eigenvalue weighted by molar-refractivity contribution is -0.182. The Bertz CT molecular complexity index is 1550. The van der Waals surface area contributed by atoms with Gasteiger partial charge in [-0.05, 0) is 55.9 Å². The fraction of sp³-hybridized carbons (Fsp3) is 0.517. The molecule has 0 unspecified atom stereocenters. The van der Waals surface area contributed by atoms with Gasteiger partial charge in [-0.3, -0.25) is 14.2 Å². The molecule has 1 fully saturated rings. The van der Waals surface area contributed by atoms with E-state index in [9.17, 15) is 44.7 Å². The summed E-state index contributed by atoms with van der Waals surface area (Å²) in [4.78, 5) is 33.5. The number of nitrogens with one attached hydrogen (secondary N) is 3. The number of fused-ring (bicyclic) bond motifs is 1. The zero-order valence-corrected chi connectivity index (χ0v) is 24.8. The van der Waals surface area contributed by atoms with Crippen LogP contribution in [0.15, 0.2) is 24.3 Å². The Balaban J connectivity index is 1.64. The van der Waals surface area contributed by atoms with Crippen LogP contribution in [-0.4, -0.2) is 51.6 Å². The third kappa shape index (κ3) is 8.54. The highest BCUT2D eigenvalue weighted by atomic mass is 19.4. The Morgan fingerprint density at radius 1 is 1.04 bits per heavy atom. The highest BCUT2D eigenvalue weighted by molar-refractivity contribution is 5.99. The minimum absolute atomic E-state index is 0.00290. The van der Waals surface area contributed by atoms with Crippen molar-refractivity contribution >= 4 is 34.6 Å². The van der Waals surface area contributed by atoms with Crippen molar-refractivity contribution in [3.05, 3.63) is 41.0 Å². The van der Waals surface area contributed by atoms with Crippen LogP contribution in [0.25, 0.3) is 11.2 Å². The first-order chi connectivity index (χ1) is 21.6. The molecule has 0 saturated heterocycles. The van der Waals surface area contributed by atoms with Gasteiger partial charge >= 0.3 is 12.4 Å². The first kappa shape index (κ1) is 34.7. The average molecular weight is 665 g/mol. The third-order valence-corrected chi connectivity index (χ3v) is 7.53. The highest BCUT2D eigenvalue weighted by Crippen LogP contribution is 2.39. The lowest BCUT2D eigenvalue weighted by Crippen LogP contribution is -2.40. The van der Waals surface area contributed by atoms with Gasteiger partial charge in [0, 0.05) is 26.1 Å². The third-order valence-electron chi connectivity index (χ3n) is 7.53. The molecule has 252 valence electrons. The number of halogens is 8. The number of aromatic nitrogens is 3. The Labute approximate surface area is 258 Å². The molecule has 2 heterocycles. The second-order valence-electron chi connectivity index (χ2n) is 11.0. The number of ether oxygens (including phenoxy) is 1. The summed E-state index contributed by atoms with van der Waals surface area (Å²) in [6, 6.07) is 3.82. The van der Waals surface area contributed by atoms with Crippen LogP contribution in [0.4, 0.5) is 46.8 Å². The van der Waals surface area contributed by atoms with Crippen LogP contribution in [-0.2, 0) is 24.6 Å². The second kappa shape index (κ2) is 14.1. The molecule has 1 aliphatic rings. The number of anilines is 2. The normalized spacial score (nSPS) is 17.3. The van der Waals surface area contributed by atoms with Gasteiger partial charge in [0.25, 0.3) is 12.3 Å². The van der Waals surface area contributed by atoms with Gasteiger partial charge in [0.05, 0.1) is 17.2 Å². The maximum absolute atomic E-state index is 13.9. The number of imidazole rings is 1. The van der Waals surface area contributed by atoms with E-state index in [0.29, 0.717) is 12.0 Å². The largest absolute Gasteiger partial charge is 0.471 e. The van der Waals surface area contributed by atoms with E-state index >= 15 is 0 Å². The van der Waals surface area contributed by atoms with Gasteiger partial charge in [0.2, 0.25) is 17.7 Å². The predicted molar refractivity (Wildman–Crippen MR) is 151 cm³/mol. The van der Waals surface area contributed by atoms with Crippen molar-refractivity contribution < 1.29 is 49.4 Å². The number of rotatable bonds is 11. The number of carbonyl (C=O) groups excluding carboxylic acids is 2. The molecule has 0 aliphatic heterocycles. The van der Waals surface area contributed by atoms with Crippen LogP contribution in [0.3, 0.4) is 0 Å². The zero-order valence-electron chi connectivity index (χ0n) is 24.8. The number of alkyl halides is 8. The topological polar surface area (TPSA) is 110 Å². The van der Waals surface area contributed by atoms with Gasteiger partial charge in [-0.25, -0.2) is 13.8 Å². The van der Waals surface area contributed by atoms with E-state index in [1.54, 1.807) is 6.92 Å². The molecule has 9 nitrogen and oxygen atoms in total. The van der Waals surface area contributed by atoms with E-state index < -0.39 is 60.4 Å². The van der Waals surface area contributed by atoms with Gasteiger partial charge < -0.3 is 20.7 Å². The summed E-state index contributed by atoms with van der Waals surface area (Å²) >= 11 is 0. The monoisotopic (exact) mass is 664 g/mol. The molecule has 0 spiro atoms. The second-order valence-corrected chi connectivity index (χ2v) is 11.0. The number of hydrogen-bond acceptors (Lipinski definition) is 6. The highest BCUT2D eigenvalue weighted by Gasteiger charge is 2.41. The smallest absolute Gasteiger partial charge is 0.418 e. The Kier molecular flexibility index (Phi) is 10.6. The van der Waals surface area contributed by atoms with Crippen molar-refractivity contribution in [1.29, 1.82) is 0 Å². The average Bonchev–Trinajstić information content (AvgIpc) is 3.27. The van der Waals surface area contributed by atoms with Crippen LogP contribution < -0.4 is 20.7 Å². The SMILES string of the molecule is CCCC(=O)NCc1ccc(C(F)(F)F)c(Nc2nc3cc(C(=O)N[C@H]4CC[C@H](C(F)(F)F)CC4)c(OCC(F)F)nc3n2C)c1. The number of benzene rings is 1. The fourth-order valence-corrected chi connectivity index (χ4v) is 5.14. The lowest BCUT2D eigenvalue weighted by Gasteiger charge is -2.30. The molecule has 46 heavy (non-hydrogen) atoms. The van der Waals surface area contributed by atoms with Crippen LogP contribution >= 0.6 is 0 Å². The molecule has 4 rings (SSSR count). The van der Waals surface area contributed by atoms with E-state index in [-0.39, 0.29) is 67.2 Å².